The van der Waals surface area contributed by atoms with Gasteiger partial charge >= 0.3 is 0 Å². The van der Waals surface area contributed by atoms with Crippen LogP contribution in [0, 0.1) is 0 Å². The van der Waals surface area contributed by atoms with Gasteiger partial charge in [-0.1, -0.05) is 0 Å². The minimum Gasteiger partial charge on any atom is -0.495 e. The van der Waals surface area contributed by atoms with Gasteiger partial charge in [-0.3, -0.25) is 0 Å². The van der Waals surface area contributed by atoms with Crippen molar-refractivity contribution in [2.45, 2.75) is 19.3 Å². The lowest BCUT2D eigenvalue weighted by molar-refractivity contribution is 0.417. The highest BCUT2D eigenvalue weighted by Crippen LogP contribution is 2.28. The van der Waals surface area contributed by atoms with E-state index in [2.05, 4.69) is 4.90 Å². The van der Waals surface area contributed by atoms with Crippen LogP contribution in [0.1, 0.15) is 23.4 Å². The van der Waals surface area contributed by atoms with Crippen molar-refractivity contribution in [1.82, 2.24) is 0 Å². The van der Waals surface area contributed by atoms with E-state index in [9.17, 15) is 0 Å². The molecular formula is C12H18N2O. The normalized spacial score (nSPS) is 20.3. The molecule has 1 heterocycles. The highest BCUT2D eigenvalue weighted by Gasteiger charge is 2.12. The Morgan fingerprint density at radius 1 is 1.33 bits per heavy atom. The Bertz CT molecular complexity index is 414. The van der Waals surface area contributed by atoms with Crippen molar-refractivity contribution in [3.63, 3.8) is 0 Å². The number of nitrogen functional groups attached to an aromatic ring is 1. The van der Waals surface area contributed by atoms with Crippen LogP contribution >= 0.6 is 0 Å². The molecule has 15 heavy (non-hydrogen) atoms. The number of nitrogens with zero attached hydrogens (tertiary/aromatic N) is 1. The van der Waals surface area contributed by atoms with Gasteiger partial charge in [-0.25, -0.2) is 0 Å². The molecule has 0 radical (unpaired) electrons. The Morgan fingerprint density at radius 2 is 2.13 bits per heavy atom. The predicted octanol–water partition coefficient (Wildman–Crippen LogP) is 2.27. The Morgan fingerprint density at radius 3 is 2.87 bits per heavy atom. The average Bonchev–Trinajstić information content (AvgIpc) is 2.31. The second-order valence-electron chi connectivity index (χ2n) is 3.87. The number of piperidine rings is 1. The summed E-state index contributed by atoms with van der Waals surface area (Å²) in [7, 11) is -2.46. The van der Waals surface area contributed by atoms with E-state index < -0.39 is 7.04 Å². The van der Waals surface area contributed by atoms with Gasteiger partial charge in [0.25, 0.3) is 0 Å². The first-order valence-corrected chi connectivity index (χ1v) is 5.29. The van der Waals surface area contributed by atoms with Crippen LogP contribution in [0.15, 0.2) is 18.2 Å². The quantitative estimate of drug-likeness (QED) is 0.759. The Kier molecular flexibility index (Phi) is 2.06. The molecule has 3 nitrogen and oxygen atoms in total. The second-order valence-corrected chi connectivity index (χ2v) is 3.87. The molecule has 1 aromatic rings. The molecule has 82 valence electrons. The first kappa shape index (κ1) is 6.99. The molecule has 0 amide bonds. The fraction of sp³-hybridized carbons (Fsp3) is 0.500. The summed E-state index contributed by atoms with van der Waals surface area (Å²) in [4.78, 5) is 2.23. The summed E-state index contributed by atoms with van der Waals surface area (Å²) in [5.74, 6) is 0.234. The summed E-state index contributed by atoms with van der Waals surface area (Å²) < 4.78 is 26.3. The van der Waals surface area contributed by atoms with Gasteiger partial charge in [0, 0.05) is 24.8 Å². The Labute approximate surface area is 95.0 Å². The van der Waals surface area contributed by atoms with Gasteiger partial charge in [0.2, 0.25) is 0 Å². The lowest BCUT2D eigenvalue weighted by Gasteiger charge is -2.29. The molecule has 0 bridgehead atoms. The van der Waals surface area contributed by atoms with E-state index >= 15 is 0 Å². The molecule has 3 heteroatoms. The number of hydrogen-bond donors (Lipinski definition) is 1. The third-order valence-electron chi connectivity index (χ3n) is 2.83. The number of methoxy groups -OCH3 is 1. The van der Waals surface area contributed by atoms with Crippen LogP contribution in [0.3, 0.4) is 0 Å². The van der Waals surface area contributed by atoms with Gasteiger partial charge < -0.3 is 15.4 Å². The molecule has 0 atom stereocenters. The lowest BCUT2D eigenvalue weighted by atomic mass is 10.1. The fourth-order valence-corrected chi connectivity index (χ4v) is 1.96. The van der Waals surface area contributed by atoms with Crippen LogP contribution in [0.25, 0.3) is 0 Å². The van der Waals surface area contributed by atoms with Crippen LogP contribution in [0.4, 0.5) is 11.4 Å². The molecule has 0 saturated carbocycles. The number of ether oxygens (including phenoxy) is 1. The summed E-state index contributed by atoms with van der Waals surface area (Å²) in [6.07, 6.45) is 3.59. The summed E-state index contributed by atoms with van der Waals surface area (Å²) in [6, 6.07) is 5.32. The van der Waals surface area contributed by atoms with Gasteiger partial charge in [-0.2, -0.15) is 0 Å². The molecule has 0 aliphatic carbocycles. The number of benzene rings is 1. The van der Waals surface area contributed by atoms with Crippen molar-refractivity contribution in [2.75, 3.05) is 30.8 Å². The zero-order chi connectivity index (χ0) is 13.2. The van der Waals surface area contributed by atoms with Crippen molar-refractivity contribution >= 4 is 11.4 Å². The van der Waals surface area contributed by atoms with E-state index in [1.54, 1.807) is 12.1 Å². The third-order valence-corrected chi connectivity index (χ3v) is 2.83. The summed E-state index contributed by atoms with van der Waals surface area (Å²) in [5.41, 5.74) is 7.06. The smallest absolute Gasteiger partial charge is 0.143 e. The molecule has 2 N–H and O–H groups in total. The maximum atomic E-state index is 7.12. The Hall–Kier alpha value is -1.38. The predicted molar refractivity (Wildman–Crippen MR) is 63.5 cm³/mol. The topological polar surface area (TPSA) is 38.5 Å². The van der Waals surface area contributed by atoms with E-state index in [0.29, 0.717) is 5.69 Å². The van der Waals surface area contributed by atoms with Gasteiger partial charge in [-0.05, 0) is 31.4 Å². The minimum atomic E-state index is -2.46. The van der Waals surface area contributed by atoms with E-state index in [1.165, 1.54) is 19.3 Å². The number of nitrogens with two attached hydrogens (primary N) is 1. The minimum absolute atomic E-state index is 0.234. The standard InChI is InChI=1S/C12H18N2O/c1-15-12-9-10(5-6-11(12)13)14-7-3-2-4-8-14/h5-6,9H,2-4,7-8,13H2,1H3/i1D3. The van der Waals surface area contributed by atoms with E-state index in [1.807, 2.05) is 6.07 Å². The van der Waals surface area contributed by atoms with Gasteiger partial charge in [-0.15, -0.1) is 0 Å². The molecule has 1 saturated heterocycles. The fourth-order valence-electron chi connectivity index (χ4n) is 1.96. The molecular weight excluding hydrogens is 188 g/mol. The number of hydrogen-bond acceptors (Lipinski definition) is 3. The highest BCUT2D eigenvalue weighted by molar-refractivity contribution is 5.62. The summed E-state index contributed by atoms with van der Waals surface area (Å²) >= 11 is 0. The van der Waals surface area contributed by atoms with E-state index in [0.717, 1.165) is 18.8 Å². The molecule has 1 aliphatic heterocycles. The number of rotatable bonds is 2. The van der Waals surface area contributed by atoms with Crippen LogP contribution in [-0.4, -0.2) is 20.1 Å². The van der Waals surface area contributed by atoms with Crippen molar-refractivity contribution in [1.29, 1.82) is 0 Å². The van der Waals surface area contributed by atoms with Crippen LogP contribution < -0.4 is 15.4 Å². The maximum Gasteiger partial charge on any atom is 0.143 e. The Balaban J connectivity index is 2.19. The largest absolute Gasteiger partial charge is 0.495 e. The summed E-state index contributed by atoms with van der Waals surface area (Å²) in [5, 5.41) is 0. The van der Waals surface area contributed by atoms with E-state index in [-0.39, 0.29) is 5.75 Å². The summed E-state index contributed by atoms with van der Waals surface area (Å²) in [6.45, 7) is 1.99. The zero-order valence-corrected chi connectivity index (χ0v) is 8.70. The van der Waals surface area contributed by atoms with Crippen molar-refractivity contribution in [3.8, 4) is 5.75 Å². The van der Waals surface area contributed by atoms with Gasteiger partial charge in [0.05, 0.1) is 16.8 Å². The monoisotopic (exact) mass is 209 g/mol. The molecule has 2 rings (SSSR count). The molecule has 0 spiro atoms. The lowest BCUT2D eigenvalue weighted by Crippen LogP contribution is -2.29. The molecule has 1 fully saturated rings. The van der Waals surface area contributed by atoms with Gasteiger partial charge in [0.15, 0.2) is 0 Å². The van der Waals surface area contributed by atoms with Crippen LogP contribution in [0.2, 0.25) is 0 Å². The zero-order valence-electron chi connectivity index (χ0n) is 11.7. The maximum absolute atomic E-state index is 7.12. The van der Waals surface area contributed by atoms with Crippen molar-refractivity contribution in [3.05, 3.63) is 18.2 Å². The molecule has 0 unspecified atom stereocenters. The molecule has 1 aromatic carbocycles. The van der Waals surface area contributed by atoms with Gasteiger partial charge in [0.1, 0.15) is 5.75 Å². The second kappa shape index (κ2) is 4.43. The van der Waals surface area contributed by atoms with Crippen molar-refractivity contribution < 1.29 is 8.85 Å². The SMILES string of the molecule is [2H]C([2H])([2H])Oc1cc(N2CCCCC2)ccc1N. The van der Waals surface area contributed by atoms with E-state index in [4.69, 9.17) is 14.6 Å². The molecule has 1 aliphatic rings. The van der Waals surface area contributed by atoms with Crippen LogP contribution in [0.5, 0.6) is 5.75 Å². The third kappa shape index (κ3) is 2.17. The number of anilines is 2. The first-order chi connectivity index (χ1) is 8.46. The highest BCUT2D eigenvalue weighted by atomic mass is 16.5. The van der Waals surface area contributed by atoms with Crippen LogP contribution in [-0.2, 0) is 0 Å². The average molecular weight is 209 g/mol. The molecule has 0 aromatic heterocycles. The van der Waals surface area contributed by atoms with Crippen molar-refractivity contribution in [2.24, 2.45) is 0 Å². The first-order valence-electron chi connectivity index (χ1n) is 6.79.